The molecule has 0 aliphatic heterocycles. The Morgan fingerprint density at radius 3 is 2.12 bits per heavy atom. The van der Waals surface area contributed by atoms with E-state index in [2.05, 4.69) is 84.0 Å². The number of aryl methyl sites for hydroxylation is 3. The van der Waals surface area contributed by atoms with Crippen LogP contribution >= 0.6 is 0 Å². The van der Waals surface area contributed by atoms with Crippen LogP contribution in [-0.4, -0.2) is 6.21 Å². The molecule has 0 saturated carbocycles. The lowest BCUT2D eigenvalue weighted by Crippen LogP contribution is -2.03. The molecule has 0 N–H and O–H groups in total. The van der Waals surface area contributed by atoms with Crippen LogP contribution in [0.5, 0.6) is 0 Å². The topological polar surface area (TPSA) is 12.4 Å². The Hall–Kier alpha value is -2.41. The van der Waals surface area contributed by atoms with Crippen molar-refractivity contribution in [3.63, 3.8) is 0 Å². The van der Waals surface area contributed by atoms with Crippen molar-refractivity contribution < 1.29 is 0 Å². The first-order valence-corrected chi connectivity index (χ1v) is 8.95. The molecule has 1 atom stereocenters. The van der Waals surface area contributed by atoms with Crippen LogP contribution in [0.3, 0.4) is 0 Å². The zero-order valence-corrected chi connectivity index (χ0v) is 16.1. The molecular formula is C24H27N. The average Bonchev–Trinajstić information content (AvgIpc) is 2.79. The molecule has 1 unspecified atom stereocenters. The number of hydrogen-bond acceptors (Lipinski definition) is 1. The average molecular weight is 329 g/mol. The van der Waals surface area contributed by atoms with Gasteiger partial charge in [-0.1, -0.05) is 64.8 Å². The smallest absolute Gasteiger partial charge is 0.0688 e. The molecule has 0 spiro atoms. The summed E-state index contributed by atoms with van der Waals surface area (Å²) in [5.74, 6) is 0.378. The van der Waals surface area contributed by atoms with E-state index in [0.717, 1.165) is 5.69 Å². The van der Waals surface area contributed by atoms with Crippen molar-refractivity contribution in [2.75, 3.05) is 0 Å². The van der Waals surface area contributed by atoms with Gasteiger partial charge in [0.1, 0.15) is 0 Å². The van der Waals surface area contributed by atoms with E-state index in [1.165, 1.54) is 44.5 Å². The molecule has 25 heavy (non-hydrogen) atoms. The Kier molecular flexibility index (Phi) is 4.76. The van der Waals surface area contributed by atoms with Gasteiger partial charge in [-0.25, -0.2) is 0 Å². The predicted molar refractivity (Wildman–Crippen MR) is 109 cm³/mol. The standard InChI is InChI=1S/C24H27N/c1-15-11-18(4)24(19(5)12-15)25-14-21-9-7-8-10-22(21)23-17(3)13-16(2)20(23)6/h7-14,23H,1-6H3. The van der Waals surface area contributed by atoms with Gasteiger partial charge in [0.25, 0.3) is 0 Å². The van der Waals surface area contributed by atoms with Crippen molar-refractivity contribution in [1.82, 2.24) is 0 Å². The largest absolute Gasteiger partial charge is 0.256 e. The summed E-state index contributed by atoms with van der Waals surface area (Å²) in [5, 5.41) is 0. The van der Waals surface area contributed by atoms with E-state index >= 15 is 0 Å². The van der Waals surface area contributed by atoms with Gasteiger partial charge in [-0.2, -0.15) is 0 Å². The summed E-state index contributed by atoms with van der Waals surface area (Å²) in [6.07, 6.45) is 4.34. The zero-order valence-electron chi connectivity index (χ0n) is 16.1. The van der Waals surface area contributed by atoms with Gasteiger partial charge in [-0.15, -0.1) is 0 Å². The van der Waals surface area contributed by atoms with Crippen LogP contribution in [0.4, 0.5) is 5.69 Å². The maximum atomic E-state index is 4.86. The molecule has 0 fully saturated rings. The molecule has 0 bridgehead atoms. The van der Waals surface area contributed by atoms with Crippen molar-refractivity contribution in [2.24, 2.45) is 4.99 Å². The molecule has 0 aromatic heterocycles. The summed E-state index contributed by atoms with van der Waals surface area (Å²) in [6, 6.07) is 13.0. The van der Waals surface area contributed by atoms with Crippen LogP contribution in [0.2, 0.25) is 0 Å². The Bertz CT molecular complexity index is 886. The van der Waals surface area contributed by atoms with Gasteiger partial charge >= 0.3 is 0 Å². The summed E-state index contributed by atoms with van der Waals surface area (Å²) >= 11 is 0. The van der Waals surface area contributed by atoms with E-state index in [0.29, 0.717) is 5.92 Å². The highest BCUT2D eigenvalue weighted by atomic mass is 14.7. The van der Waals surface area contributed by atoms with Crippen LogP contribution in [0.15, 0.2) is 64.2 Å². The lowest BCUT2D eigenvalue weighted by atomic mass is 9.86. The summed E-state index contributed by atoms with van der Waals surface area (Å²) in [7, 11) is 0. The normalized spacial score (nSPS) is 17.5. The van der Waals surface area contributed by atoms with Crippen molar-refractivity contribution in [3.05, 3.63) is 87.0 Å². The van der Waals surface area contributed by atoms with Crippen LogP contribution in [0, 0.1) is 20.8 Å². The van der Waals surface area contributed by atoms with E-state index in [4.69, 9.17) is 4.99 Å². The number of benzene rings is 2. The first kappa shape index (κ1) is 17.4. The Balaban J connectivity index is 2.03. The highest BCUT2D eigenvalue weighted by Crippen LogP contribution is 2.40. The first-order chi connectivity index (χ1) is 11.9. The van der Waals surface area contributed by atoms with E-state index in [1.54, 1.807) is 0 Å². The molecule has 0 saturated heterocycles. The third kappa shape index (κ3) is 3.37. The maximum absolute atomic E-state index is 4.86. The second-order valence-corrected chi connectivity index (χ2v) is 7.32. The van der Waals surface area contributed by atoms with Crippen LogP contribution in [-0.2, 0) is 0 Å². The molecular weight excluding hydrogens is 302 g/mol. The monoisotopic (exact) mass is 329 g/mol. The molecule has 1 nitrogen and oxygen atoms in total. The number of hydrogen-bond donors (Lipinski definition) is 0. The second kappa shape index (κ2) is 6.84. The third-order valence-electron chi connectivity index (χ3n) is 5.23. The lowest BCUT2D eigenvalue weighted by molar-refractivity contribution is 0.936. The molecule has 2 aromatic carbocycles. The van der Waals surface area contributed by atoms with E-state index in [9.17, 15) is 0 Å². The minimum Gasteiger partial charge on any atom is -0.256 e. The lowest BCUT2D eigenvalue weighted by Gasteiger charge is -2.18. The highest BCUT2D eigenvalue weighted by Gasteiger charge is 2.23. The minimum atomic E-state index is 0.378. The van der Waals surface area contributed by atoms with Gasteiger partial charge in [0, 0.05) is 12.1 Å². The number of nitrogens with zero attached hydrogens (tertiary/aromatic N) is 1. The second-order valence-electron chi connectivity index (χ2n) is 7.32. The molecule has 128 valence electrons. The molecule has 1 aliphatic rings. The highest BCUT2D eigenvalue weighted by molar-refractivity contribution is 5.85. The van der Waals surface area contributed by atoms with Gasteiger partial charge in [0.15, 0.2) is 0 Å². The summed E-state index contributed by atoms with van der Waals surface area (Å²) in [5.41, 5.74) is 11.6. The quantitative estimate of drug-likeness (QED) is 0.553. The predicted octanol–water partition coefficient (Wildman–Crippen LogP) is 6.74. The van der Waals surface area contributed by atoms with Gasteiger partial charge in [0.05, 0.1) is 5.69 Å². The number of aliphatic imine (C=N–C) groups is 1. The Labute approximate surface area is 151 Å². The summed E-state index contributed by atoms with van der Waals surface area (Å²) < 4.78 is 0. The van der Waals surface area contributed by atoms with Crippen molar-refractivity contribution in [3.8, 4) is 0 Å². The molecule has 0 radical (unpaired) electrons. The van der Waals surface area contributed by atoms with Crippen LogP contribution in [0.1, 0.15) is 54.5 Å². The maximum Gasteiger partial charge on any atom is 0.0688 e. The van der Waals surface area contributed by atoms with Crippen LogP contribution in [0.25, 0.3) is 0 Å². The SMILES string of the molecule is CC1=CC(C)=C(C)C1c1ccccc1C=Nc1c(C)cc(C)cc1C. The molecule has 0 heterocycles. The summed E-state index contributed by atoms with van der Waals surface area (Å²) in [6.45, 7) is 13.1. The van der Waals surface area contributed by atoms with E-state index in [-0.39, 0.29) is 0 Å². The van der Waals surface area contributed by atoms with Gasteiger partial charge in [0.2, 0.25) is 0 Å². The van der Waals surface area contributed by atoms with E-state index < -0.39 is 0 Å². The fraction of sp³-hybridized carbons (Fsp3) is 0.292. The van der Waals surface area contributed by atoms with E-state index in [1.807, 2.05) is 6.21 Å². The van der Waals surface area contributed by atoms with Gasteiger partial charge in [-0.05, 0) is 63.8 Å². The number of rotatable bonds is 3. The summed E-state index contributed by atoms with van der Waals surface area (Å²) in [4.78, 5) is 4.86. The molecule has 1 heteroatoms. The zero-order chi connectivity index (χ0) is 18.1. The fourth-order valence-electron chi connectivity index (χ4n) is 3.99. The molecule has 0 amide bonds. The first-order valence-electron chi connectivity index (χ1n) is 8.95. The Morgan fingerprint density at radius 1 is 0.880 bits per heavy atom. The van der Waals surface area contributed by atoms with Crippen molar-refractivity contribution >= 4 is 11.9 Å². The van der Waals surface area contributed by atoms with Crippen molar-refractivity contribution in [2.45, 2.75) is 47.5 Å². The van der Waals surface area contributed by atoms with Gasteiger partial charge in [-0.3, -0.25) is 4.99 Å². The molecule has 3 rings (SSSR count). The molecule has 2 aromatic rings. The number of allylic oxidation sites excluding steroid dienone is 4. The van der Waals surface area contributed by atoms with Gasteiger partial charge < -0.3 is 0 Å². The third-order valence-corrected chi connectivity index (χ3v) is 5.23. The van der Waals surface area contributed by atoms with Crippen LogP contribution < -0.4 is 0 Å². The fourth-order valence-corrected chi connectivity index (χ4v) is 3.99. The minimum absolute atomic E-state index is 0.378. The van der Waals surface area contributed by atoms with Crippen molar-refractivity contribution in [1.29, 1.82) is 0 Å². The Morgan fingerprint density at radius 2 is 1.52 bits per heavy atom. The molecule has 1 aliphatic carbocycles.